The molecule has 84 valence electrons. The summed E-state index contributed by atoms with van der Waals surface area (Å²) in [5, 5.41) is 24.2. The number of aliphatic hydroxyl groups excluding tert-OH is 2. The second-order valence-corrected chi connectivity index (χ2v) is 4.27. The van der Waals surface area contributed by atoms with Crippen molar-refractivity contribution in [2.24, 2.45) is 0 Å². The van der Waals surface area contributed by atoms with E-state index in [-0.39, 0.29) is 19.1 Å². The van der Waals surface area contributed by atoms with Gasteiger partial charge in [0.05, 0.1) is 24.4 Å². The van der Waals surface area contributed by atoms with Gasteiger partial charge in [-0.05, 0) is 25.4 Å². The fourth-order valence-corrected chi connectivity index (χ4v) is 1.45. The molecule has 1 aromatic rings. The lowest BCUT2D eigenvalue weighted by Crippen LogP contribution is -2.51. The van der Waals surface area contributed by atoms with Gasteiger partial charge in [-0.2, -0.15) is 0 Å². The molecule has 3 N–H and O–H groups in total. The average molecular weight is 231 g/mol. The zero-order valence-electron chi connectivity index (χ0n) is 8.52. The Morgan fingerprint density at radius 3 is 2.53 bits per heavy atom. The summed E-state index contributed by atoms with van der Waals surface area (Å²) >= 11 is 0.983. The van der Waals surface area contributed by atoms with Gasteiger partial charge in [-0.1, -0.05) is 4.49 Å². The highest BCUT2D eigenvalue weighted by atomic mass is 32.1. The zero-order chi connectivity index (χ0) is 11.5. The number of hydrogen-bond donors (Lipinski definition) is 3. The molecule has 15 heavy (non-hydrogen) atoms. The van der Waals surface area contributed by atoms with Crippen molar-refractivity contribution < 1.29 is 15.0 Å². The number of hydrogen-bond acceptors (Lipinski definition) is 6. The largest absolute Gasteiger partial charge is 0.394 e. The second kappa shape index (κ2) is 4.65. The van der Waals surface area contributed by atoms with Crippen LogP contribution in [-0.2, 0) is 0 Å². The Kier molecular flexibility index (Phi) is 3.72. The summed E-state index contributed by atoms with van der Waals surface area (Å²) in [6.07, 6.45) is 0. The number of aromatic nitrogens is 2. The van der Waals surface area contributed by atoms with Gasteiger partial charge in [0.1, 0.15) is 4.88 Å². The van der Waals surface area contributed by atoms with Crippen molar-refractivity contribution in [3.63, 3.8) is 0 Å². The summed E-state index contributed by atoms with van der Waals surface area (Å²) in [4.78, 5) is 12.0. The first-order valence-corrected chi connectivity index (χ1v) is 5.13. The van der Waals surface area contributed by atoms with E-state index in [1.54, 1.807) is 13.8 Å². The number of carbonyl (C=O) groups is 1. The third-order valence-corrected chi connectivity index (χ3v) is 2.80. The minimum absolute atomic E-state index is 0.333. The predicted molar refractivity (Wildman–Crippen MR) is 54.7 cm³/mol. The van der Waals surface area contributed by atoms with Gasteiger partial charge in [-0.25, -0.2) is 0 Å². The molecule has 0 aliphatic heterocycles. The fourth-order valence-electron chi connectivity index (χ4n) is 0.900. The molecule has 0 atom stereocenters. The third-order valence-electron chi connectivity index (χ3n) is 1.97. The number of aliphatic hydroxyl groups is 2. The van der Waals surface area contributed by atoms with E-state index in [4.69, 9.17) is 10.2 Å². The lowest BCUT2D eigenvalue weighted by atomic mass is 10.1. The Morgan fingerprint density at radius 1 is 1.53 bits per heavy atom. The van der Waals surface area contributed by atoms with Gasteiger partial charge < -0.3 is 15.5 Å². The van der Waals surface area contributed by atoms with E-state index < -0.39 is 5.54 Å². The predicted octanol–water partition coefficient (Wildman–Crippen LogP) is -0.680. The number of nitrogens with zero attached hydrogens (tertiary/aromatic N) is 2. The van der Waals surface area contributed by atoms with Crippen LogP contribution in [0.15, 0.2) is 0 Å². The SMILES string of the molecule is Cc1nnsc1C(=O)NC(C)(CO)CO. The molecule has 0 unspecified atom stereocenters. The number of amides is 1. The lowest BCUT2D eigenvalue weighted by Gasteiger charge is -2.25. The molecule has 6 nitrogen and oxygen atoms in total. The molecule has 0 aliphatic rings. The van der Waals surface area contributed by atoms with Gasteiger partial charge in [0, 0.05) is 0 Å². The lowest BCUT2D eigenvalue weighted by molar-refractivity contribution is 0.0726. The van der Waals surface area contributed by atoms with Gasteiger partial charge in [-0.15, -0.1) is 5.10 Å². The molecule has 1 rings (SSSR count). The highest BCUT2D eigenvalue weighted by Crippen LogP contribution is 2.11. The molecule has 7 heteroatoms. The van der Waals surface area contributed by atoms with E-state index in [0.717, 1.165) is 11.5 Å². The van der Waals surface area contributed by atoms with E-state index in [0.29, 0.717) is 10.6 Å². The zero-order valence-corrected chi connectivity index (χ0v) is 9.34. The average Bonchev–Trinajstić information content (AvgIpc) is 2.64. The van der Waals surface area contributed by atoms with Crippen molar-refractivity contribution in [2.75, 3.05) is 13.2 Å². The first-order chi connectivity index (χ1) is 7.02. The van der Waals surface area contributed by atoms with E-state index in [1.165, 1.54) is 0 Å². The van der Waals surface area contributed by atoms with Crippen LogP contribution in [0, 0.1) is 6.92 Å². The molecule has 0 spiro atoms. The maximum absolute atomic E-state index is 11.7. The Balaban J connectivity index is 2.76. The van der Waals surface area contributed by atoms with Gasteiger partial charge >= 0.3 is 0 Å². The van der Waals surface area contributed by atoms with Gasteiger partial charge in [0.25, 0.3) is 5.91 Å². The molecule has 0 saturated carbocycles. The summed E-state index contributed by atoms with van der Waals surface area (Å²) in [5.41, 5.74) is -0.483. The first-order valence-electron chi connectivity index (χ1n) is 4.35. The van der Waals surface area contributed by atoms with Crippen LogP contribution in [0.2, 0.25) is 0 Å². The summed E-state index contributed by atoms with van der Waals surface area (Å²) in [5.74, 6) is -0.381. The summed E-state index contributed by atoms with van der Waals surface area (Å²) in [7, 11) is 0. The minimum atomic E-state index is -1.02. The van der Waals surface area contributed by atoms with E-state index in [9.17, 15) is 4.79 Å². The Bertz CT molecular complexity index is 349. The maximum atomic E-state index is 11.7. The van der Waals surface area contributed by atoms with Crippen LogP contribution in [0.5, 0.6) is 0 Å². The number of aryl methyl sites for hydroxylation is 1. The molecule has 1 amide bonds. The molecule has 0 saturated heterocycles. The van der Waals surface area contributed by atoms with Crippen LogP contribution in [0.4, 0.5) is 0 Å². The standard InChI is InChI=1S/C8H13N3O3S/c1-5-6(15-11-10-5)7(14)9-8(2,3-12)4-13/h12-13H,3-4H2,1-2H3,(H,9,14). The molecular weight excluding hydrogens is 218 g/mol. The maximum Gasteiger partial charge on any atom is 0.265 e. The van der Waals surface area contributed by atoms with Gasteiger partial charge in [0.15, 0.2) is 0 Å². The number of nitrogens with one attached hydrogen (secondary N) is 1. The van der Waals surface area contributed by atoms with Crippen LogP contribution >= 0.6 is 11.5 Å². The molecule has 0 aliphatic carbocycles. The minimum Gasteiger partial charge on any atom is -0.394 e. The van der Waals surface area contributed by atoms with Gasteiger partial charge in [0.2, 0.25) is 0 Å². The quantitative estimate of drug-likeness (QED) is 0.638. The molecule has 1 aromatic heterocycles. The Labute approximate surface area is 91.1 Å². The van der Waals surface area contributed by atoms with Crippen molar-refractivity contribution in [2.45, 2.75) is 19.4 Å². The van der Waals surface area contributed by atoms with Crippen molar-refractivity contribution in [3.8, 4) is 0 Å². The van der Waals surface area contributed by atoms with Crippen molar-refractivity contribution in [1.82, 2.24) is 14.9 Å². The van der Waals surface area contributed by atoms with Crippen molar-refractivity contribution >= 4 is 17.4 Å². The van der Waals surface area contributed by atoms with Crippen LogP contribution in [0.3, 0.4) is 0 Å². The molecule has 0 bridgehead atoms. The van der Waals surface area contributed by atoms with Crippen molar-refractivity contribution in [1.29, 1.82) is 0 Å². The Hall–Kier alpha value is -1.05. The van der Waals surface area contributed by atoms with Gasteiger partial charge in [-0.3, -0.25) is 4.79 Å². The van der Waals surface area contributed by atoms with E-state index in [2.05, 4.69) is 14.9 Å². The second-order valence-electron chi connectivity index (χ2n) is 3.52. The molecule has 1 heterocycles. The highest BCUT2D eigenvalue weighted by Gasteiger charge is 2.26. The highest BCUT2D eigenvalue weighted by molar-refractivity contribution is 7.08. The summed E-state index contributed by atoms with van der Waals surface area (Å²) in [6.45, 7) is 2.56. The molecular formula is C8H13N3O3S. The first kappa shape index (κ1) is 12.0. The van der Waals surface area contributed by atoms with Crippen LogP contribution in [0.1, 0.15) is 22.3 Å². The molecule has 0 radical (unpaired) electrons. The Morgan fingerprint density at radius 2 is 2.13 bits per heavy atom. The van der Waals surface area contributed by atoms with Crippen LogP contribution < -0.4 is 5.32 Å². The summed E-state index contributed by atoms with van der Waals surface area (Å²) < 4.78 is 3.63. The number of carbonyl (C=O) groups excluding carboxylic acids is 1. The van der Waals surface area contributed by atoms with E-state index >= 15 is 0 Å². The summed E-state index contributed by atoms with van der Waals surface area (Å²) in [6, 6.07) is 0. The normalized spacial score (nSPS) is 11.5. The van der Waals surface area contributed by atoms with E-state index in [1.807, 2.05) is 0 Å². The molecule has 0 aromatic carbocycles. The van der Waals surface area contributed by atoms with Crippen LogP contribution in [0.25, 0.3) is 0 Å². The third kappa shape index (κ3) is 2.71. The fraction of sp³-hybridized carbons (Fsp3) is 0.625. The number of rotatable bonds is 4. The molecule has 0 fully saturated rings. The van der Waals surface area contributed by atoms with Crippen LogP contribution in [-0.4, -0.2) is 44.5 Å². The monoisotopic (exact) mass is 231 g/mol. The smallest absolute Gasteiger partial charge is 0.265 e. The van der Waals surface area contributed by atoms with Crippen molar-refractivity contribution in [3.05, 3.63) is 10.6 Å². The topological polar surface area (TPSA) is 95.3 Å².